The third kappa shape index (κ3) is 5.26. The number of carbonyl (C=O) groups excluding carboxylic acids is 1. The number of benzene rings is 1. The summed E-state index contributed by atoms with van der Waals surface area (Å²) in [6.07, 6.45) is 3.63. The van der Waals surface area contributed by atoms with Crippen LogP contribution >= 0.6 is 0 Å². The second kappa shape index (κ2) is 8.02. The molecule has 1 aromatic heterocycles. The van der Waals surface area contributed by atoms with E-state index in [0.29, 0.717) is 18.0 Å². The number of hydrogen-bond acceptors (Lipinski definition) is 5. The molecular weight excluding hydrogens is 390 g/mol. The van der Waals surface area contributed by atoms with Gasteiger partial charge in [0, 0.05) is 17.6 Å². The maximum atomic E-state index is 12.5. The Labute approximate surface area is 171 Å². The lowest BCUT2D eigenvalue weighted by Gasteiger charge is -2.15. The highest BCUT2D eigenvalue weighted by atomic mass is 32.2. The van der Waals surface area contributed by atoms with Gasteiger partial charge in [0.1, 0.15) is 11.6 Å². The summed E-state index contributed by atoms with van der Waals surface area (Å²) in [6.45, 7) is 6.08. The predicted octanol–water partition coefficient (Wildman–Crippen LogP) is 3.20. The highest BCUT2D eigenvalue weighted by Gasteiger charge is 2.32. The Morgan fingerprint density at radius 3 is 2.69 bits per heavy atom. The molecule has 8 heteroatoms. The molecular formula is C21H27N3O4S. The third-order valence-corrected chi connectivity index (χ3v) is 6.58. The highest BCUT2D eigenvalue weighted by Crippen LogP contribution is 2.30. The zero-order valence-corrected chi connectivity index (χ0v) is 18.0. The first kappa shape index (κ1) is 21.1. The largest absolute Gasteiger partial charge is 0.497 e. The number of amides is 1. The van der Waals surface area contributed by atoms with Gasteiger partial charge >= 0.3 is 0 Å². The Hall–Kier alpha value is -2.61. The fraction of sp³-hybridized carbons (Fsp3) is 0.429. The van der Waals surface area contributed by atoms with Crippen molar-refractivity contribution in [2.24, 2.45) is 0 Å². The summed E-state index contributed by atoms with van der Waals surface area (Å²) < 4.78 is 30.7. The lowest BCUT2D eigenvalue weighted by atomic mass is 9.92. The number of anilines is 1. The predicted molar refractivity (Wildman–Crippen MR) is 114 cm³/mol. The Morgan fingerprint density at radius 1 is 1.31 bits per heavy atom. The summed E-state index contributed by atoms with van der Waals surface area (Å²) in [7, 11) is -1.48. The quantitative estimate of drug-likeness (QED) is 0.755. The zero-order valence-electron chi connectivity index (χ0n) is 17.2. The zero-order chi connectivity index (χ0) is 21.2. The topological polar surface area (TPSA) is 90.3 Å². The molecule has 1 aliphatic rings. The number of methoxy groups -OCH3 is 1. The van der Waals surface area contributed by atoms with Crippen molar-refractivity contribution in [3.05, 3.63) is 47.7 Å². The van der Waals surface area contributed by atoms with Crippen LogP contribution in [0, 0.1) is 0 Å². The molecule has 1 atom stereocenters. The van der Waals surface area contributed by atoms with Crippen LogP contribution < -0.4 is 10.1 Å². The lowest BCUT2D eigenvalue weighted by molar-refractivity contribution is -0.111. The lowest BCUT2D eigenvalue weighted by Crippen LogP contribution is -2.19. The molecule has 29 heavy (non-hydrogen) atoms. The van der Waals surface area contributed by atoms with Gasteiger partial charge in [0.2, 0.25) is 5.91 Å². The number of rotatable bonds is 5. The van der Waals surface area contributed by atoms with Crippen molar-refractivity contribution in [3.8, 4) is 5.75 Å². The highest BCUT2D eigenvalue weighted by molar-refractivity contribution is 7.91. The van der Waals surface area contributed by atoms with Gasteiger partial charge in [-0.3, -0.25) is 4.79 Å². The molecule has 7 nitrogen and oxygen atoms in total. The number of nitrogens with one attached hydrogen (secondary N) is 1. The van der Waals surface area contributed by atoms with E-state index >= 15 is 0 Å². The number of aromatic nitrogens is 2. The minimum atomic E-state index is -3.07. The minimum Gasteiger partial charge on any atom is -0.497 e. The summed E-state index contributed by atoms with van der Waals surface area (Å²) in [4.78, 5) is 12.5. The van der Waals surface area contributed by atoms with E-state index in [1.165, 1.54) is 6.08 Å². The van der Waals surface area contributed by atoms with E-state index in [4.69, 9.17) is 4.74 Å². The van der Waals surface area contributed by atoms with E-state index in [-0.39, 0.29) is 28.9 Å². The average Bonchev–Trinajstić information content (AvgIpc) is 3.23. The molecule has 1 unspecified atom stereocenters. The molecule has 0 bridgehead atoms. The van der Waals surface area contributed by atoms with Gasteiger partial charge < -0.3 is 10.1 Å². The van der Waals surface area contributed by atoms with Crippen molar-refractivity contribution < 1.29 is 17.9 Å². The number of carbonyl (C=O) groups is 1. The first-order chi connectivity index (χ1) is 13.6. The first-order valence-electron chi connectivity index (χ1n) is 9.51. The Balaban J connectivity index is 1.82. The van der Waals surface area contributed by atoms with Crippen LogP contribution in [0.25, 0.3) is 6.08 Å². The van der Waals surface area contributed by atoms with Crippen LogP contribution in [0.3, 0.4) is 0 Å². The van der Waals surface area contributed by atoms with E-state index in [1.54, 1.807) is 17.9 Å². The molecule has 1 fully saturated rings. The molecule has 0 aliphatic carbocycles. The van der Waals surface area contributed by atoms with Crippen molar-refractivity contribution >= 4 is 27.6 Å². The first-order valence-corrected chi connectivity index (χ1v) is 11.3. The van der Waals surface area contributed by atoms with Gasteiger partial charge in [-0.25, -0.2) is 13.1 Å². The van der Waals surface area contributed by atoms with Crippen molar-refractivity contribution in [1.29, 1.82) is 0 Å². The number of sulfone groups is 1. The van der Waals surface area contributed by atoms with Gasteiger partial charge in [-0.1, -0.05) is 32.9 Å². The molecule has 1 aliphatic heterocycles. The van der Waals surface area contributed by atoms with E-state index in [2.05, 4.69) is 10.4 Å². The summed E-state index contributed by atoms with van der Waals surface area (Å²) in [5.41, 5.74) is 1.41. The van der Waals surface area contributed by atoms with Crippen LogP contribution in [-0.4, -0.2) is 42.7 Å². The third-order valence-electron chi connectivity index (χ3n) is 4.83. The SMILES string of the molecule is COc1cccc(C=CC(=O)Nc2cc(C(C)(C)C)nn2C2CCS(=O)(=O)C2)c1. The van der Waals surface area contributed by atoms with E-state index in [9.17, 15) is 13.2 Å². The minimum absolute atomic E-state index is 0.0424. The van der Waals surface area contributed by atoms with Gasteiger partial charge in [0.25, 0.3) is 0 Å². The van der Waals surface area contributed by atoms with E-state index in [1.807, 2.05) is 51.1 Å². The van der Waals surface area contributed by atoms with Crippen LogP contribution in [0.15, 0.2) is 36.4 Å². The molecule has 2 heterocycles. The van der Waals surface area contributed by atoms with Crippen LogP contribution in [0.1, 0.15) is 44.5 Å². The second-order valence-electron chi connectivity index (χ2n) is 8.27. The Kier molecular flexibility index (Phi) is 5.84. The summed E-state index contributed by atoms with van der Waals surface area (Å²) in [5.74, 6) is 1.10. The molecule has 0 radical (unpaired) electrons. The van der Waals surface area contributed by atoms with E-state index < -0.39 is 9.84 Å². The molecule has 1 N–H and O–H groups in total. The van der Waals surface area contributed by atoms with Gasteiger partial charge in [0.15, 0.2) is 9.84 Å². The normalized spacial score (nSPS) is 18.8. The van der Waals surface area contributed by atoms with E-state index in [0.717, 1.165) is 11.3 Å². The van der Waals surface area contributed by atoms with Crippen LogP contribution in [0.5, 0.6) is 5.75 Å². The molecule has 1 saturated heterocycles. The van der Waals surface area contributed by atoms with Crippen molar-refractivity contribution in [2.75, 3.05) is 23.9 Å². The average molecular weight is 418 g/mol. The van der Waals surface area contributed by atoms with Gasteiger partial charge in [-0.2, -0.15) is 5.10 Å². The van der Waals surface area contributed by atoms with Crippen LogP contribution in [0.4, 0.5) is 5.82 Å². The van der Waals surface area contributed by atoms with Crippen molar-refractivity contribution in [2.45, 2.75) is 38.6 Å². The molecule has 2 aromatic rings. The fourth-order valence-electron chi connectivity index (χ4n) is 3.19. The summed E-state index contributed by atoms with van der Waals surface area (Å²) in [5, 5.41) is 7.47. The number of ether oxygens (including phenoxy) is 1. The monoisotopic (exact) mass is 417 g/mol. The summed E-state index contributed by atoms with van der Waals surface area (Å²) >= 11 is 0. The maximum Gasteiger partial charge on any atom is 0.249 e. The van der Waals surface area contributed by atoms with Crippen LogP contribution in [0.2, 0.25) is 0 Å². The van der Waals surface area contributed by atoms with Crippen molar-refractivity contribution in [1.82, 2.24) is 9.78 Å². The Morgan fingerprint density at radius 2 is 2.07 bits per heavy atom. The molecule has 1 aromatic carbocycles. The molecule has 156 valence electrons. The van der Waals surface area contributed by atoms with Crippen LogP contribution in [-0.2, 0) is 20.0 Å². The molecule has 3 rings (SSSR count). The summed E-state index contributed by atoms with van der Waals surface area (Å²) in [6, 6.07) is 8.93. The molecule has 1 amide bonds. The maximum absolute atomic E-state index is 12.5. The van der Waals surface area contributed by atoms with Gasteiger partial charge in [0.05, 0.1) is 30.4 Å². The Bertz CT molecular complexity index is 1030. The standard InChI is InChI=1S/C21H27N3O4S/c1-21(2,3)18-13-19(24(23-18)16-10-11-29(26,27)14-16)22-20(25)9-8-15-6-5-7-17(12-15)28-4/h5-9,12-13,16H,10-11,14H2,1-4H3,(H,22,25). The molecule has 0 spiro atoms. The number of hydrogen-bond donors (Lipinski definition) is 1. The number of nitrogens with zero attached hydrogens (tertiary/aromatic N) is 2. The smallest absolute Gasteiger partial charge is 0.249 e. The van der Waals surface area contributed by atoms with Gasteiger partial charge in [-0.15, -0.1) is 0 Å². The van der Waals surface area contributed by atoms with Crippen molar-refractivity contribution in [3.63, 3.8) is 0 Å². The fourth-order valence-corrected chi connectivity index (χ4v) is 4.88. The van der Waals surface area contributed by atoms with Gasteiger partial charge in [-0.05, 0) is 30.2 Å². The second-order valence-corrected chi connectivity index (χ2v) is 10.5. The molecule has 0 saturated carbocycles.